The summed E-state index contributed by atoms with van der Waals surface area (Å²) in [6.45, 7) is 5.25. The number of hydrogen-bond donors (Lipinski definition) is 0. The Morgan fingerprint density at radius 1 is 1.30 bits per heavy atom. The molecule has 1 aliphatic carbocycles. The molecule has 0 amide bonds. The number of carbonyl (C=O) groups excluding carboxylic acids is 1. The van der Waals surface area contributed by atoms with Crippen LogP contribution in [0.2, 0.25) is 0 Å². The SMILES string of the molecule is C=CC.O=C1CCCCC1. The molecule has 0 aromatic rings. The Kier molecular flexibility index (Phi) is 6.14. The summed E-state index contributed by atoms with van der Waals surface area (Å²) < 4.78 is 0. The van der Waals surface area contributed by atoms with Crippen molar-refractivity contribution in [1.29, 1.82) is 0 Å². The lowest BCUT2D eigenvalue weighted by atomic mass is 10.00. The Balaban J connectivity index is 0.000000236. The second-order valence-corrected chi connectivity index (χ2v) is 2.51. The number of hydrogen-bond acceptors (Lipinski definition) is 1. The molecule has 0 atom stereocenters. The summed E-state index contributed by atoms with van der Waals surface area (Å²) in [4.78, 5) is 10.5. The molecule has 1 fully saturated rings. The first kappa shape index (κ1) is 9.41. The molecule has 0 radical (unpaired) electrons. The van der Waals surface area contributed by atoms with Crippen molar-refractivity contribution in [1.82, 2.24) is 0 Å². The molecule has 0 aliphatic heterocycles. The van der Waals surface area contributed by atoms with Crippen molar-refractivity contribution in [3.63, 3.8) is 0 Å². The van der Waals surface area contributed by atoms with Crippen LogP contribution in [0.3, 0.4) is 0 Å². The van der Waals surface area contributed by atoms with Gasteiger partial charge in [-0.05, 0) is 19.8 Å². The van der Waals surface area contributed by atoms with E-state index in [-0.39, 0.29) is 0 Å². The van der Waals surface area contributed by atoms with Crippen molar-refractivity contribution in [2.45, 2.75) is 39.0 Å². The van der Waals surface area contributed by atoms with E-state index in [2.05, 4.69) is 6.58 Å². The third kappa shape index (κ3) is 5.54. The fourth-order valence-electron chi connectivity index (χ4n) is 0.946. The van der Waals surface area contributed by atoms with Gasteiger partial charge in [-0.3, -0.25) is 4.79 Å². The van der Waals surface area contributed by atoms with E-state index in [0.717, 1.165) is 25.7 Å². The molecule has 1 saturated carbocycles. The summed E-state index contributed by atoms with van der Waals surface area (Å²) >= 11 is 0. The molecule has 0 saturated heterocycles. The highest BCUT2D eigenvalue weighted by Gasteiger charge is 2.05. The van der Waals surface area contributed by atoms with Crippen LogP contribution in [0, 0.1) is 0 Å². The lowest BCUT2D eigenvalue weighted by molar-refractivity contribution is -0.120. The zero-order valence-corrected chi connectivity index (χ0v) is 6.73. The van der Waals surface area contributed by atoms with E-state index in [9.17, 15) is 4.79 Å². The van der Waals surface area contributed by atoms with Crippen molar-refractivity contribution >= 4 is 5.78 Å². The van der Waals surface area contributed by atoms with Gasteiger partial charge in [0.15, 0.2) is 0 Å². The van der Waals surface area contributed by atoms with E-state index in [0.29, 0.717) is 5.78 Å². The standard InChI is InChI=1S/C6H10O.C3H6/c7-6-4-2-1-3-5-6;1-3-2/h1-5H2;3H,1H2,2H3. The Hall–Kier alpha value is -0.590. The monoisotopic (exact) mass is 140 g/mol. The highest BCUT2D eigenvalue weighted by Crippen LogP contribution is 2.12. The fraction of sp³-hybridized carbons (Fsp3) is 0.667. The highest BCUT2D eigenvalue weighted by molar-refractivity contribution is 5.78. The summed E-state index contributed by atoms with van der Waals surface area (Å²) in [6.07, 6.45) is 6.99. The molecule has 0 aromatic carbocycles. The molecular weight excluding hydrogens is 124 g/mol. The van der Waals surface area contributed by atoms with Gasteiger partial charge in [0.1, 0.15) is 5.78 Å². The molecule has 58 valence electrons. The van der Waals surface area contributed by atoms with Gasteiger partial charge in [0.25, 0.3) is 0 Å². The minimum Gasteiger partial charge on any atom is -0.300 e. The minimum atomic E-state index is 0.464. The van der Waals surface area contributed by atoms with Gasteiger partial charge in [0, 0.05) is 12.8 Å². The first-order valence-electron chi connectivity index (χ1n) is 3.90. The molecule has 0 spiro atoms. The zero-order chi connectivity index (χ0) is 7.82. The molecule has 0 bridgehead atoms. The quantitative estimate of drug-likeness (QED) is 0.473. The molecule has 0 N–H and O–H groups in total. The fourth-order valence-corrected chi connectivity index (χ4v) is 0.946. The highest BCUT2D eigenvalue weighted by atomic mass is 16.1. The number of Topliss-reactive ketones (excluding diaryl/α,β-unsaturated/α-hetero) is 1. The van der Waals surface area contributed by atoms with Crippen LogP contribution in [0.25, 0.3) is 0 Å². The van der Waals surface area contributed by atoms with Gasteiger partial charge in [-0.25, -0.2) is 0 Å². The van der Waals surface area contributed by atoms with Crippen molar-refractivity contribution in [3.05, 3.63) is 12.7 Å². The smallest absolute Gasteiger partial charge is 0.132 e. The van der Waals surface area contributed by atoms with Crippen LogP contribution in [0.4, 0.5) is 0 Å². The normalized spacial score (nSPS) is 17.1. The number of rotatable bonds is 0. The third-order valence-electron chi connectivity index (χ3n) is 1.41. The number of ketones is 1. The van der Waals surface area contributed by atoms with Gasteiger partial charge in [-0.1, -0.05) is 12.5 Å². The maximum Gasteiger partial charge on any atom is 0.132 e. The van der Waals surface area contributed by atoms with Crippen LogP contribution >= 0.6 is 0 Å². The lowest BCUT2D eigenvalue weighted by Gasteiger charge is -2.05. The molecular formula is C9H16O. The Morgan fingerprint density at radius 3 is 1.90 bits per heavy atom. The number of allylic oxidation sites excluding steroid dienone is 1. The van der Waals surface area contributed by atoms with E-state index in [1.807, 2.05) is 6.92 Å². The van der Waals surface area contributed by atoms with E-state index in [1.54, 1.807) is 6.08 Å². The first-order chi connectivity index (χ1) is 4.81. The molecule has 1 heteroatoms. The molecule has 0 heterocycles. The summed E-state index contributed by atoms with van der Waals surface area (Å²) in [5, 5.41) is 0. The van der Waals surface area contributed by atoms with Gasteiger partial charge in [-0.2, -0.15) is 0 Å². The maximum atomic E-state index is 10.5. The van der Waals surface area contributed by atoms with Crippen molar-refractivity contribution in [3.8, 4) is 0 Å². The Morgan fingerprint density at radius 2 is 1.70 bits per heavy atom. The van der Waals surface area contributed by atoms with Crippen LogP contribution in [0.1, 0.15) is 39.0 Å². The van der Waals surface area contributed by atoms with Crippen molar-refractivity contribution in [2.24, 2.45) is 0 Å². The topological polar surface area (TPSA) is 17.1 Å². The van der Waals surface area contributed by atoms with Gasteiger partial charge >= 0.3 is 0 Å². The van der Waals surface area contributed by atoms with Crippen molar-refractivity contribution < 1.29 is 4.79 Å². The molecule has 1 nitrogen and oxygen atoms in total. The first-order valence-corrected chi connectivity index (χ1v) is 3.90. The van der Waals surface area contributed by atoms with Gasteiger partial charge in [-0.15, -0.1) is 6.58 Å². The Bertz CT molecular complexity index is 97.3. The maximum absolute atomic E-state index is 10.5. The predicted molar refractivity (Wildman–Crippen MR) is 44.0 cm³/mol. The van der Waals surface area contributed by atoms with Crippen LogP contribution < -0.4 is 0 Å². The summed E-state index contributed by atoms with van der Waals surface area (Å²) in [5.41, 5.74) is 0. The number of carbonyl (C=O) groups is 1. The zero-order valence-electron chi connectivity index (χ0n) is 6.73. The van der Waals surface area contributed by atoms with E-state index in [1.165, 1.54) is 6.42 Å². The predicted octanol–water partition coefficient (Wildman–Crippen LogP) is 2.71. The van der Waals surface area contributed by atoms with Crippen LogP contribution in [-0.2, 0) is 4.79 Å². The third-order valence-corrected chi connectivity index (χ3v) is 1.41. The second-order valence-electron chi connectivity index (χ2n) is 2.51. The summed E-state index contributed by atoms with van der Waals surface area (Å²) in [6, 6.07) is 0. The minimum absolute atomic E-state index is 0.464. The molecule has 0 unspecified atom stereocenters. The largest absolute Gasteiger partial charge is 0.300 e. The molecule has 10 heavy (non-hydrogen) atoms. The van der Waals surface area contributed by atoms with Crippen LogP contribution in [-0.4, -0.2) is 5.78 Å². The summed E-state index contributed by atoms with van der Waals surface area (Å²) in [7, 11) is 0. The van der Waals surface area contributed by atoms with E-state index in [4.69, 9.17) is 0 Å². The Labute approximate surface area is 63.1 Å². The summed E-state index contributed by atoms with van der Waals surface area (Å²) in [5.74, 6) is 0.464. The van der Waals surface area contributed by atoms with Gasteiger partial charge in [0.2, 0.25) is 0 Å². The van der Waals surface area contributed by atoms with Crippen LogP contribution in [0.15, 0.2) is 12.7 Å². The van der Waals surface area contributed by atoms with Gasteiger partial charge in [0.05, 0.1) is 0 Å². The average Bonchev–Trinajstić information content (AvgIpc) is 1.91. The van der Waals surface area contributed by atoms with Gasteiger partial charge < -0.3 is 0 Å². The van der Waals surface area contributed by atoms with E-state index >= 15 is 0 Å². The van der Waals surface area contributed by atoms with Crippen LogP contribution in [0.5, 0.6) is 0 Å². The molecule has 1 rings (SSSR count). The molecule has 1 aliphatic rings. The average molecular weight is 140 g/mol. The lowest BCUT2D eigenvalue weighted by Crippen LogP contribution is -2.02. The molecule has 0 aromatic heterocycles. The van der Waals surface area contributed by atoms with Crippen molar-refractivity contribution in [2.75, 3.05) is 0 Å². The van der Waals surface area contributed by atoms with E-state index < -0.39 is 0 Å². The second kappa shape index (κ2) is 6.53.